The Bertz CT molecular complexity index is 722. The molecule has 1 heterocycles. The average molecular weight is 333 g/mol. The third kappa shape index (κ3) is 2.77. The van der Waals surface area contributed by atoms with E-state index in [0.29, 0.717) is 12.6 Å². The van der Waals surface area contributed by atoms with Gasteiger partial charge in [-0.15, -0.1) is 0 Å². The summed E-state index contributed by atoms with van der Waals surface area (Å²) in [4.78, 5) is 4.39. The maximum absolute atomic E-state index is 5.62. The molecule has 0 aliphatic rings. The number of oxazole rings is 1. The normalized spacial score (nSPS) is 10.7. The number of halogens is 1. The number of hydrogen-bond acceptors (Lipinski definition) is 4. The molecule has 0 fully saturated rings. The lowest BCUT2D eigenvalue weighted by Gasteiger charge is -2.03. The smallest absolute Gasteiger partial charge is 0.295 e. The minimum atomic E-state index is 0.522. The summed E-state index contributed by atoms with van der Waals surface area (Å²) < 4.78 is 11.7. The van der Waals surface area contributed by atoms with Gasteiger partial charge in [0.2, 0.25) is 0 Å². The van der Waals surface area contributed by atoms with Crippen molar-refractivity contribution in [1.82, 2.24) is 4.98 Å². The van der Waals surface area contributed by atoms with Crippen molar-refractivity contribution < 1.29 is 9.15 Å². The Morgan fingerprint density at radius 3 is 2.75 bits per heavy atom. The molecular formula is C15H13BrN2O2. The molecule has 0 unspecified atom stereocenters. The van der Waals surface area contributed by atoms with Crippen LogP contribution in [0.1, 0.15) is 5.56 Å². The highest BCUT2D eigenvalue weighted by Gasteiger charge is 2.05. The van der Waals surface area contributed by atoms with Gasteiger partial charge in [0.25, 0.3) is 6.01 Å². The zero-order valence-electron chi connectivity index (χ0n) is 10.9. The quantitative estimate of drug-likeness (QED) is 0.777. The second-order valence-electron chi connectivity index (χ2n) is 4.33. The molecule has 0 saturated heterocycles. The Balaban J connectivity index is 1.72. The molecule has 4 nitrogen and oxygen atoms in total. The number of nitrogens with one attached hydrogen (secondary N) is 1. The lowest BCUT2D eigenvalue weighted by atomic mass is 10.2. The molecule has 2 aromatic carbocycles. The molecule has 102 valence electrons. The van der Waals surface area contributed by atoms with Gasteiger partial charge in [-0.05, 0) is 35.9 Å². The van der Waals surface area contributed by atoms with Crippen molar-refractivity contribution in [3.05, 3.63) is 52.5 Å². The molecular weight excluding hydrogens is 320 g/mol. The highest BCUT2D eigenvalue weighted by atomic mass is 79.9. The molecule has 0 atom stereocenters. The van der Waals surface area contributed by atoms with Crippen LogP contribution in [0.15, 0.2) is 51.4 Å². The number of rotatable bonds is 4. The van der Waals surface area contributed by atoms with Crippen LogP contribution in [0.4, 0.5) is 6.01 Å². The van der Waals surface area contributed by atoms with E-state index in [1.165, 1.54) is 0 Å². The zero-order chi connectivity index (χ0) is 13.9. The molecule has 0 spiro atoms. The second kappa shape index (κ2) is 5.54. The largest absolute Gasteiger partial charge is 0.497 e. The first kappa shape index (κ1) is 13.0. The van der Waals surface area contributed by atoms with E-state index in [2.05, 4.69) is 26.2 Å². The van der Waals surface area contributed by atoms with E-state index in [4.69, 9.17) is 9.15 Å². The van der Waals surface area contributed by atoms with Crippen molar-refractivity contribution in [2.24, 2.45) is 0 Å². The van der Waals surface area contributed by atoms with Crippen molar-refractivity contribution in [2.45, 2.75) is 6.54 Å². The van der Waals surface area contributed by atoms with Crippen LogP contribution in [0, 0.1) is 0 Å². The first-order chi connectivity index (χ1) is 9.74. The van der Waals surface area contributed by atoms with Crippen molar-refractivity contribution in [2.75, 3.05) is 12.4 Å². The van der Waals surface area contributed by atoms with Gasteiger partial charge >= 0.3 is 0 Å². The van der Waals surface area contributed by atoms with E-state index in [0.717, 1.165) is 26.9 Å². The topological polar surface area (TPSA) is 47.3 Å². The van der Waals surface area contributed by atoms with Gasteiger partial charge in [-0.2, -0.15) is 4.98 Å². The van der Waals surface area contributed by atoms with E-state index in [-0.39, 0.29) is 0 Å². The van der Waals surface area contributed by atoms with E-state index in [9.17, 15) is 0 Å². The number of ether oxygens (including phenoxy) is 1. The van der Waals surface area contributed by atoms with Gasteiger partial charge in [0, 0.05) is 11.0 Å². The third-order valence-corrected chi connectivity index (χ3v) is 3.45. The molecule has 0 radical (unpaired) electrons. The Hall–Kier alpha value is -2.01. The minimum Gasteiger partial charge on any atom is -0.497 e. The standard InChI is InChI=1S/C15H13BrN2O2/c1-19-12-5-2-10(3-6-12)9-17-15-18-13-8-11(16)4-7-14(13)20-15/h2-8H,9H2,1H3,(H,17,18). The van der Waals surface area contributed by atoms with Crippen LogP contribution in [0.3, 0.4) is 0 Å². The first-order valence-electron chi connectivity index (χ1n) is 6.17. The van der Waals surface area contributed by atoms with Crippen molar-refractivity contribution in [3.63, 3.8) is 0 Å². The number of nitrogens with zero attached hydrogens (tertiary/aromatic N) is 1. The number of anilines is 1. The van der Waals surface area contributed by atoms with E-state index >= 15 is 0 Å². The highest BCUT2D eigenvalue weighted by Crippen LogP contribution is 2.23. The van der Waals surface area contributed by atoms with Crippen molar-refractivity contribution >= 4 is 33.0 Å². The van der Waals surface area contributed by atoms with E-state index < -0.39 is 0 Å². The molecule has 1 N–H and O–H groups in total. The predicted octanol–water partition coefficient (Wildman–Crippen LogP) is 4.21. The lowest BCUT2D eigenvalue weighted by molar-refractivity contribution is 0.414. The summed E-state index contributed by atoms with van der Waals surface area (Å²) in [5, 5.41) is 3.17. The van der Waals surface area contributed by atoms with Crippen molar-refractivity contribution in [3.8, 4) is 5.75 Å². The molecule has 1 aromatic heterocycles. The Morgan fingerprint density at radius 1 is 1.20 bits per heavy atom. The van der Waals surface area contributed by atoms with Gasteiger partial charge in [-0.25, -0.2) is 0 Å². The summed E-state index contributed by atoms with van der Waals surface area (Å²) in [6.07, 6.45) is 0. The van der Waals surface area contributed by atoms with Gasteiger partial charge in [0.15, 0.2) is 5.58 Å². The summed E-state index contributed by atoms with van der Waals surface area (Å²) in [5.74, 6) is 0.848. The van der Waals surface area contributed by atoms with Gasteiger partial charge < -0.3 is 14.5 Å². The summed E-state index contributed by atoms with van der Waals surface area (Å²) in [6.45, 7) is 0.651. The molecule has 0 bridgehead atoms. The van der Waals surface area contributed by atoms with Crippen LogP contribution in [0.5, 0.6) is 5.75 Å². The average Bonchev–Trinajstić information content (AvgIpc) is 2.87. The summed E-state index contributed by atoms with van der Waals surface area (Å²) in [7, 11) is 1.66. The minimum absolute atomic E-state index is 0.522. The van der Waals surface area contributed by atoms with Crippen LogP contribution in [0.2, 0.25) is 0 Å². The van der Waals surface area contributed by atoms with Gasteiger partial charge in [0.1, 0.15) is 11.3 Å². The Kier molecular flexibility index (Phi) is 3.60. The fourth-order valence-electron chi connectivity index (χ4n) is 1.90. The Morgan fingerprint density at radius 2 is 2.00 bits per heavy atom. The highest BCUT2D eigenvalue weighted by molar-refractivity contribution is 9.10. The third-order valence-electron chi connectivity index (χ3n) is 2.95. The van der Waals surface area contributed by atoms with Gasteiger partial charge in [0.05, 0.1) is 7.11 Å². The van der Waals surface area contributed by atoms with E-state index in [1.54, 1.807) is 7.11 Å². The molecule has 3 rings (SSSR count). The maximum Gasteiger partial charge on any atom is 0.295 e. The summed E-state index contributed by atoms with van der Waals surface area (Å²) >= 11 is 3.42. The van der Waals surface area contributed by atoms with Gasteiger partial charge in [-0.3, -0.25) is 0 Å². The second-order valence-corrected chi connectivity index (χ2v) is 5.25. The number of hydrogen-bond donors (Lipinski definition) is 1. The molecule has 0 amide bonds. The Labute approximate surface area is 124 Å². The number of aromatic nitrogens is 1. The predicted molar refractivity (Wildman–Crippen MR) is 82.0 cm³/mol. The summed E-state index contributed by atoms with van der Waals surface area (Å²) in [6, 6.07) is 14.1. The van der Waals surface area contributed by atoms with Gasteiger partial charge in [-0.1, -0.05) is 28.1 Å². The van der Waals surface area contributed by atoms with Crippen molar-refractivity contribution in [1.29, 1.82) is 0 Å². The fraction of sp³-hybridized carbons (Fsp3) is 0.133. The summed E-state index contributed by atoms with van der Waals surface area (Å²) in [5.41, 5.74) is 2.73. The molecule has 0 aliphatic carbocycles. The molecule has 5 heteroatoms. The fourth-order valence-corrected chi connectivity index (χ4v) is 2.25. The monoisotopic (exact) mass is 332 g/mol. The van der Waals surface area contributed by atoms with Crippen LogP contribution in [0.25, 0.3) is 11.1 Å². The van der Waals surface area contributed by atoms with Crippen LogP contribution < -0.4 is 10.1 Å². The lowest BCUT2D eigenvalue weighted by Crippen LogP contribution is -1.99. The maximum atomic E-state index is 5.62. The number of fused-ring (bicyclic) bond motifs is 1. The molecule has 0 saturated carbocycles. The number of benzene rings is 2. The molecule has 3 aromatic rings. The number of methoxy groups -OCH3 is 1. The molecule has 0 aliphatic heterocycles. The van der Waals surface area contributed by atoms with Crippen LogP contribution in [-0.2, 0) is 6.54 Å². The SMILES string of the molecule is COc1ccc(CNc2nc3cc(Br)ccc3o2)cc1. The van der Waals surface area contributed by atoms with Crippen LogP contribution in [-0.4, -0.2) is 12.1 Å². The zero-order valence-corrected chi connectivity index (χ0v) is 12.5. The van der Waals surface area contributed by atoms with Crippen LogP contribution >= 0.6 is 15.9 Å². The van der Waals surface area contributed by atoms with E-state index in [1.807, 2.05) is 42.5 Å². The first-order valence-corrected chi connectivity index (χ1v) is 6.97. The molecule has 20 heavy (non-hydrogen) atoms.